The zero-order valence-electron chi connectivity index (χ0n) is 19.3. The molecule has 1 saturated heterocycles. The number of benzene rings is 2. The van der Waals surface area contributed by atoms with Crippen molar-refractivity contribution in [3.05, 3.63) is 58.3 Å². The Morgan fingerprint density at radius 2 is 1.91 bits per heavy atom. The van der Waals surface area contributed by atoms with Crippen molar-refractivity contribution in [2.75, 3.05) is 32.6 Å². The quantitative estimate of drug-likeness (QED) is 0.512. The molecule has 0 radical (unpaired) electrons. The molecule has 2 amide bonds. The van der Waals surface area contributed by atoms with Crippen molar-refractivity contribution in [3.8, 4) is 5.75 Å². The van der Waals surface area contributed by atoms with Gasteiger partial charge in [0.05, 0.1) is 12.1 Å². The maximum Gasteiger partial charge on any atom is 0.261 e. The zero-order chi connectivity index (χ0) is 25.1. The number of nitrogens with zero attached hydrogens (tertiary/aromatic N) is 4. The molecule has 9 nitrogen and oxygen atoms in total. The molecule has 1 aromatic heterocycles. The number of methoxy groups -OCH3 is 1. The number of nitrogen functional groups attached to an aromatic ring is 1. The lowest BCUT2D eigenvalue weighted by Crippen LogP contribution is -2.63. The fraction of sp³-hybridized carbons (Fsp3) is 0.333. The molecule has 1 aliphatic heterocycles. The Balaban J connectivity index is 1.49. The van der Waals surface area contributed by atoms with Crippen LogP contribution in [0, 0.1) is 0 Å². The Bertz CT molecular complexity index is 1240. The molecule has 0 saturated carbocycles. The first-order valence-corrected chi connectivity index (χ1v) is 11.7. The molecule has 11 heteroatoms. The van der Waals surface area contributed by atoms with Gasteiger partial charge in [-0.1, -0.05) is 29.3 Å². The van der Waals surface area contributed by atoms with Gasteiger partial charge in [0.2, 0.25) is 5.91 Å². The van der Waals surface area contributed by atoms with Gasteiger partial charge in [-0.25, -0.2) is 9.97 Å². The van der Waals surface area contributed by atoms with E-state index in [1.807, 2.05) is 25.1 Å². The molecule has 184 valence electrons. The molecule has 0 aliphatic carbocycles. The lowest BCUT2D eigenvalue weighted by atomic mass is 10.0. The highest BCUT2D eigenvalue weighted by atomic mass is 35.5. The number of carbonyl (C=O) groups is 2. The van der Waals surface area contributed by atoms with Gasteiger partial charge in [-0.15, -0.1) is 0 Å². The molecule has 2 unspecified atom stereocenters. The highest BCUT2D eigenvalue weighted by Crippen LogP contribution is 2.26. The van der Waals surface area contributed by atoms with Crippen LogP contribution in [0.1, 0.15) is 12.5 Å². The van der Waals surface area contributed by atoms with E-state index in [4.69, 9.17) is 38.4 Å². The van der Waals surface area contributed by atoms with Crippen LogP contribution in [0.25, 0.3) is 10.9 Å². The molecule has 0 spiro atoms. The molecule has 2 aromatic carbocycles. The van der Waals surface area contributed by atoms with Crippen molar-refractivity contribution in [1.29, 1.82) is 0 Å². The van der Waals surface area contributed by atoms with Crippen molar-refractivity contribution in [2.24, 2.45) is 0 Å². The third kappa shape index (κ3) is 5.58. The second kappa shape index (κ2) is 10.6. The largest absolute Gasteiger partial charge is 0.484 e. The lowest BCUT2D eigenvalue weighted by Gasteiger charge is -2.44. The minimum Gasteiger partial charge on any atom is -0.484 e. The minimum atomic E-state index is -0.770. The van der Waals surface area contributed by atoms with Crippen LogP contribution < -0.4 is 10.5 Å². The van der Waals surface area contributed by atoms with Gasteiger partial charge in [-0.05, 0) is 42.8 Å². The molecular formula is C24H25Cl2N5O4. The summed E-state index contributed by atoms with van der Waals surface area (Å²) >= 11 is 12.0. The van der Waals surface area contributed by atoms with Gasteiger partial charge in [-0.2, -0.15) is 0 Å². The summed E-state index contributed by atoms with van der Waals surface area (Å²) in [6, 6.07) is 9.35. The number of halogens is 2. The summed E-state index contributed by atoms with van der Waals surface area (Å²) in [4.78, 5) is 38.0. The standard InChI is InChI=1S/C24H25Cl2N5O4/c1-14-9-31(22(32)12-35-18-7-16(25)6-17(26)8-18)21(11-34-2)24(33)30(14)10-15-3-4-19-20(5-15)28-13-29-23(19)27/h3-8,13-14,21H,9-12H2,1-2H3,(H2,27,28,29). The van der Waals surface area contributed by atoms with E-state index < -0.39 is 6.04 Å². The van der Waals surface area contributed by atoms with Crippen molar-refractivity contribution in [1.82, 2.24) is 19.8 Å². The number of aromatic nitrogens is 2. The third-order valence-electron chi connectivity index (χ3n) is 5.87. The fourth-order valence-electron chi connectivity index (χ4n) is 4.14. The highest BCUT2D eigenvalue weighted by Gasteiger charge is 2.41. The first-order valence-electron chi connectivity index (χ1n) is 10.9. The van der Waals surface area contributed by atoms with Crippen molar-refractivity contribution < 1.29 is 19.1 Å². The number of anilines is 1. The molecule has 4 rings (SSSR count). The Morgan fingerprint density at radius 3 is 2.63 bits per heavy atom. The normalized spacial score (nSPS) is 18.2. The number of amides is 2. The van der Waals surface area contributed by atoms with Gasteiger partial charge in [-0.3, -0.25) is 9.59 Å². The predicted molar refractivity (Wildman–Crippen MR) is 133 cm³/mol. The molecule has 3 aromatic rings. The smallest absolute Gasteiger partial charge is 0.261 e. The summed E-state index contributed by atoms with van der Waals surface area (Å²) < 4.78 is 10.9. The fourth-order valence-corrected chi connectivity index (χ4v) is 4.65. The average molecular weight is 518 g/mol. The van der Waals surface area contributed by atoms with Crippen LogP contribution in [0.3, 0.4) is 0 Å². The van der Waals surface area contributed by atoms with E-state index >= 15 is 0 Å². The molecule has 2 N–H and O–H groups in total. The number of nitrogens with two attached hydrogens (primary N) is 1. The van der Waals surface area contributed by atoms with Gasteiger partial charge >= 0.3 is 0 Å². The first-order chi connectivity index (χ1) is 16.8. The minimum absolute atomic E-state index is 0.0677. The monoisotopic (exact) mass is 517 g/mol. The lowest BCUT2D eigenvalue weighted by molar-refractivity contribution is -0.159. The van der Waals surface area contributed by atoms with Gasteiger partial charge < -0.3 is 25.0 Å². The molecule has 1 fully saturated rings. The zero-order valence-corrected chi connectivity index (χ0v) is 20.8. The molecule has 2 atom stereocenters. The van der Waals surface area contributed by atoms with E-state index in [1.54, 1.807) is 23.1 Å². The third-order valence-corrected chi connectivity index (χ3v) is 6.30. The number of rotatable bonds is 7. The van der Waals surface area contributed by atoms with Crippen LogP contribution in [-0.2, 0) is 20.9 Å². The molecular weight excluding hydrogens is 493 g/mol. The Hall–Kier alpha value is -3.14. The molecule has 35 heavy (non-hydrogen) atoms. The maximum absolute atomic E-state index is 13.5. The maximum atomic E-state index is 13.5. The topological polar surface area (TPSA) is 111 Å². The van der Waals surface area contributed by atoms with E-state index in [0.29, 0.717) is 40.2 Å². The number of carbonyl (C=O) groups excluding carboxylic acids is 2. The molecule has 1 aliphatic rings. The van der Waals surface area contributed by atoms with Crippen LogP contribution in [0.5, 0.6) is 5.75 Å². The van der Waals surface area contributed by atoms with Gasteiger partial charge in [0.25, 0.3) is 5.91 Å². The van der Waals surface area contributed by atoms with Crippen molar-refractivity contribution in [3.63, 3.8) is 0 Å². The van der Waals surface area contributed by atoms with Crippen LogP contribution in [-0.4, -0.2) is 70.5 Å². The summed E-state index contributed by atoms with van der Waals surface area (Å²) in [5.74, 6) is 0.242. The van der Waals surface area contributed by atoms with Gasteiger partial charge in [0.15, 0.2) is 6.61 Å². The number of piperazine rings is 1. The average Bonchev–Trinajstić information content (AvgIpc) is 2.81. The van der Waals surface area contributed by atoms with Gasteiger partial charge in [0, 0.05) is 41.7 Å². The molecule has 0 bridgehead atoms. The molecule has 2 heterocycles. The first kappa shape index (κ1) is 25.0. The second-order valence-corrected chi connectivity index (χ2v) is 9.21. The Kier molecular flexibility index (Phi) is 7.59. The van der Waals surface area contributed by atoms with E-state index in [0.717, 1.165) is 10.9 Å². The van der Waals surface area contributed by atoms with E-state index in [9.17, 15) is 9.59 Å². The van der Waals surface area contributed by atoms with Crippen LogP contribution in [0.15, 0.2) is 42.7 Å². The summed E-state index contributed by atoms with van der Waals surface area (Å²) in [5.41, 5.74) is 7.52. The van der Waals surface area contributed by atoms with Crippen molar-refractivity contribution >= 4 is 51.7 Å². The predicted octanol–water partition coefficient (Wildman–Crippen LogP) is 3.17. The summed E-state index contributed by atoms with van der Waals surface area (Å²) in [6.07, 6.45) is 1.41. The SMILES string of the molecule is COCC1C(=O)N(Cc2ccc3c(N)ncnc3c2)C(C)CN1C(=O)COc1cc(Cl)cc(Cl)c1. The number of hydrogen-bond donors (Lipinski definition) is 1. The van der Waals surface area contributed by atoms with Gasteiger partial charge in [0.1, 0.15) is 23.9 Å². The Labute approximate surface area is 212 Å². The number of ether oxygens (including phenoxy) is 2. The van der Waals surface area contributed by atoms with E-state index in [-0.39, 0.29) is 31.1 Å². The van der Waals surface area contributed by atoms with E-state index in [2.05, 4.69) is 9.97 Å². The Morgan fingerprint density at radius 1 is 1.17 bits per heavy atom. The summed E-state index contributed by atoms with van der Waals surface area (Å²) in [5, 5.41) is 1.55. The summed E-state index contributed by atoms with van der Waals surface area (Å²) in [7, 11) is 1.50. The van der Waals surface area contributed by atoms with Crippen LogP contribution in [0.2, 0.25) is 10.0 Å². The van der Waals surface area contributed by atoms with Crippen LogP contribution >= 0.6 is 23.2 Å². The summed E-state index contributed by atoms with van der Waals surface area (Å²) in [6.45, 7) is 2.40. The van der Waals surface area contributed by atoms with Crippen LogP contribution in [0.4, 0.5) is 5.82 Å². The van der Waals surface area contributed by atoms with Crippen molar-refractivity contribution in [2.45, 2.75) is 25.6 Å². The highest BCUT2D eigenvalue weighted by molar-refractivity contribution is 6.34. The number of hydrogen-bond acceptors (Lipinski definition) is 7. The second-order valence-electron chi connectivity index (χ2n) is 8.34. The van der Waals surface area contributed by atoms with E-state index in [1.165, 1.54) is 18.3 Å². The number of fused-ring (bicyclic) bond motifs is 1.